The highest BCUT2D eigenvalue weighted by Crippen LogP contribution is 2.43. The largest absolute Gasteiger partial charge is 0.493 e. The van der Waals surface area contributed by atoms with Crippen molar-refractivity contribution in [2.24, 2.45) is 5.92 Å². The van der Waals surface area contributed by atoms with Crippen molar-refractivity contribution < 1.29 is 9.57 Å². The molecule has 0 aromatic heterocycles. The van der Waals surface area contributed by atoms with Crippen LogP contribution >= 0.6 is 15.9 Å². The number of rotatable bonds is 0. The van der Waals surface area contributed by atoms with Gasteiger partial charge >= 0.3 is 0 Å². The minimum absolute atomic E-state index is 0.339. The molecule has 2 aliphatic rings. The van der Waals surface area contributed by atoms with Crippen LogP contribution in [0.1, 0.15) is 11.6 Å². The van der Waals surface area contributed by atoms with Gasteiger partial charge in [-0.15, -0.1) is 0 Å². The Morgan fingerprint density at radius 1 is 1.40 bits per heavy atom. The fourth-order valence-electron chi connectivity index (χ4n) is 2.35. The summed E-state index contributed by atoms with van der Waals surface area (Å²) in [6.07, 6.45) is 0. The van der Waals surface area contributed by atoms with Crippen LogP contribution in [0.4, 0.5) is 0 Å². The molecule has 0 N–H and O–H groups in total. The van der Waals surface area contributed by atoms with Gasteiger partial charge in [-0.2, -0.15) is 5.06 Å². The molecule has 1 saturated heterocycles. The summed E-state index contributed by atoms with van der Waals surface area (Å²) in [6, 6.07) is 6.49. The molecule has 0 aliphatic carbocycles. The number of halogens is 1. The van der Waals surface area contributed by atoms with Crippen LogP contribution in [0.15, 0.2) is 22.7 Å². The predicted molar refractivity (Wildman–Crippen MR) is 59.6 cm³/mol. The Hall–Kier alpha value is -0.580. The standard InChI is InChI=1S/C11H12BrNO2/c1-13-11-7(6-15-13)5-14-10-3-2-8(12)4-9(10)11/h2-4,7,11H,5-6H2,1H3/t7-,11-/m1/s1. The Morgan fingerprint density at radius 3 is 3.13 bits per heavy atom. The molecule has 15 heavy (non-hydrogen) atoms. The van der Waals surface area contributed by atoms with Crippen LogP contribution in [0, 0.1) is 5.92 Å². The Morgan fingerprint density at radius 2 is 2.27 bits per heavy atom. The second kappa shape index (κ2) is 3.47. The lowest BCUT2D eigenvalue weighted by Gasteiger charge is -2.29. The van der Waals surface area contributed by atoms with Gasteiger partial charge in [0.05, 0.1) is 19.3 Å². The number of nitrogens with zero attached hydrogens (tertiary/aromatic N) is 1. The Balaban J connectivity index is 2.08. The molecule has 0 unspecified atom stereocenters. The van der Waals surface area contributed by atoms with Gasteiger partial charge in [0.15, 0.2) is 0 Å². The molecular weight excluding hydrogens is 258 g/mol. The monoisotopic (exact) mass is 269 g/mol. The minimum Gasteiger partial charge on any atom is -0.493 e. The molecule has 2 aliphatic heterocycles. The number of fused-ring (bicyclic) bond motifs is 3. The van der Waals surface area contributed by atoms with Crippen molar-refractivity contribution in [1.29, 1.82) is 0 Å². The summed E-state index contributed by atoms with van der Waals surface area (Å²) >= 11 is 3.49. The van der Waals surface area contributed by atoms with Gasteiger partial charge in [0.1, 0.15) is 5.75 Å². The van der Waals surface area contributed by atoms with Crippen molar-refractivity contribution in [3.63, 3.8) is 0 Å². The number of hydrogen-bond donors (Lipinski definition) is 0. The predicted octanol–water partition coefficient (Wildman–Crippen LogP) is 2.38. The molecule has 3 rings (SSSR count). The van der Waals surface area contributed by atoms with E-state index in [0.29, 0.717) is 12.0 Å². The first kappa shape index (κ1) is 9.63. The van der Waals surface area contributed by atoms with E-state index < -0.39 is 0 Å². The van der Waals surface area contributed by atoms with Crippen LogP contribution in [0.2, 0.25) is 0 Å². The van der Waals surface area contributed by atoms with Gasteiger partial charge in [0.2, 0.25) is 0 Å². The summed E-state index contributed by atoms with van der Waals surface area (Å²) < 4.78 is 6.80. The van der Waals surface area contributed by atoms with Crippen molar-refractivity contribution in [2.75, 3.05) is 20.3 Å². The zero-order valence-corrected chi connectivity index (χ0v) is 10.0. The molecule has 0 bridgehead atoms. The van der Waals surface area contributed by atoms with E-state index in [9.17, 15) is 0 Å². The van der Waals surface area contributed by atoms with Crippen LogP contribution in [0.25, 0.3) is 0 Å². The van der Waals surface area contributed by atoms with E-state index in [1.54, 1.807) is 0 Å². The van der Waals surface area contributed by atoms with E-state index in [1.807, 2.05) is 24.2 Å². The Labute approximate surface area is 97.1 Å². The summed E-state index contributed by atoms with van der Waals surface area (Å²) in [5.41, 5.74) is 1.22. The fraction of sp³-hybridized carbons (Fsp3) is 0.455. The number of hydrogen-bond acceptors (Lipinski definition) is 3. The molecule has 2 heterocycles. The average Bonchev–Trinajstić information content (AvgIpc) is 2.60. The molecule has 1 fully saturated rings. The minimum atomic E-state index is 0.339. The summed E-state index contributed by atoms with van der Waals surface area (Å²) in [6.45, 7) is 1.51. The third-order valence-corrected chi connectivity index (χ3v) is 3.57. The van der Waals surface area contributed by atoms with Crippen LogP contribution in [0.5, 0.6) is 5.75 Å². The molecular formula is C11H12BrNO2. The zero-order valence-electron chi connectivity index (χ0n) is 8.44. The van der Waals surface area contributed by atoms with Gasteiger partial charge in [0, 0.05) is 23.0 Å². The highest BCUT2D eigenvalue weighted by atomic mass is 79.9. The maximum absolute atomic E-state index is 5.71. The van der Waals surface area contributed by atoms with Crippen molar-refractivity contribution >= 4 is 15.9 Å². The lowest BCUT2D eigenvalue weighted by Crippen LogP contribution is -2.28. The quantitative estimate of drug-likeness (QED) is 0.722. The smallest absolute Gasteiger partial charge is 0.124 e. The Kier molecular flexibility index (Phi) is 2.23. The second-order valence-corrected chi connectivity index (χ2v) is 4.96. The van der Waals surface area contributed by atoms with Crippen LogP contribution in [-0.4, -0.2) is 25.3 Å². The van der Waals surface area contributed by atoms with Gasteiger partial charge in [-0.05, 0) is 18.2 Å². The van der Waals surface area contributed by atoms with Crippen LogP contribution in [0.3, 0.4) is 0 Å². The van der Waals surface area contributed by atoms with Gasteiger partial charge < -0.3 is 4.74 Å². The van der Waals surface area contributed by atoms with E-state index in [-0.39, 0.29) is 0 Å². The van der Waals surface area contributed by atoms with Gasteiger partial charge in [-0.3, -0.25) is 4.84 Å². The molecule has 80 valence electrons. The molecule has 4 heteroatoms. The lowest BCUT2D eigenvalue weighted by molar-refractivity contribution is -0.111. The molecule has 0 radical (unpaired) electrons. The topological polar surface area (TPSA) is 21.7 Å². The highest BCUT2D eigenvalue weighted by molar-refractivity contribution is 9.10. The number of benzene rings is 1. The molecule has 0 amide bonds. The summed E-state index contributed by atoms with van der Waals surface area (Å²) in [4.78, 5) is 5.53. The van der Waals surface area contributed by atoms with E-state index in [2.05, 4.69) is 22.0 Å². The van der Waals surface area contributed by atoms with Crippen LogP contribution in [-0.2, 0) is 4.84 Å². The normalized spacial score (nSPS) is 29.5. The average molecular weight is 270 g/mol. The Bertz CT molecular complexity index is 396. The fourth-order valence-corrected chi connectivity index (χ4v) is 2.73. The molecule has 0 spiro atoms. The summed E-state index contributed by atoms with van der Waals surface area (Å²) in [7, 11) is 1.99. The number of ether oxygens (including phenoxy) is 1. The van der Waals surface area contributed by atoms with Gasteiger partial charge in [0.25, 0.3) is 0 Å². The van der Waals surface area contributed by atoms with Gasteiger partial charge in [-0.1, -0.05) is 15.9 Å². The lowest BCUT2D eigenvalue weighted by atomic mass is 9.92. The maximum atomic E-state index is 5.71. The maximum Gasteiger partial charge on any atom is 0.124 e. The van der Waals surface area contributed by atoms with E-state index >= 15 is 0 Å². The van der Waals surface area contributed by atoms with Gasteiger partial charge in [-0.25, -0.2) is 0 Å². The third kappa shape index (κ3) is 1.48. The second-order valence-electron chi connectivity index (χ2n) is 4.04. The van der Waals surface area contributed by atoms with Crippen molar-refractivity contribution in [3.8, 4) is 5.75 Å². The number of hydroxylamine groups is 2. The van der Waals surface area contributed by atoms with Crippen molar-refractivity contribution in [1.82, 2.24) is 5.06 Å². The SMILES string of the molecule is CN1OC[C@H]2COc3ccc(Br)cc3[C@@H]21. The molecule has 1 aromatic carbocycles. The molecule has 1 aromatic rings. The van der Waals surface area contributed by atoms with Crippen molar-refractivity contribution in [2.45, 2.75) is 6.04 Å². The first-order valence-electron chi connectivity index (χ1n) is 5.03. The summed E-state index contributed by atoms with van der Waals surface area (Å²) in [5.74, 6) is 1.44. The van der Waals surface area contributed by atoms with E-state index in [1.165, 1.54) is 5.56 Å². The van der Waals surface area contributed by atoms with Crippen LogP contribution < -0.4 is 4.74 Å². The summed E-state index contributed by atoms with van der Waals surface area (Å²) in [5, 5.41) is 1.94. The van der Waals surface area contributed by atoms with E-state index in [0.717, 1.165) is 23.4 Å². The molecule has 0 saturated carbocycles. The van der Waals surface area contributed by atoms with Crippen molar-refractivity contribution in [3.05, 3.63) is 28.2 Å². The first-order chi connectivity index (χ1) is 7.25. The molecule has 2 atom stereocenters. The molecule has 3 nitrogen and oxygen atoms in total. The zero-order chi connectivity index (χ0) is 10.4. The van der Waals surface area contributed by atoms with E-state index in [4.69, 9.17) is 9.57 Å². The third-order valence-electron chi connectivity index (χ3n) is 3.07. The highest BCUT2D eigenvalue weighted by Gasteiger charge is 2.39. The first-order valence-corrected chi connectivity index (χ1v) is 5.83.